The zero-order valence-corrected chi connectivity index (χ0v) is 7.01. The van der Waals surface area contributed by atoms with Crippen molar-refractivity contribution in [3.8, 4) is 0 Å². The molecule has 5 heteroatoms. The summed E-state index contributed by atoms with van der Waals surface area (Å²) in [5, 5.41) is 0. The minimum absolute atomic E-state index is 0.0897. The van der Waals surface area contributed by atoms with E-state index in [-0.39, 0.29) is 5.76 Å². The second kappa shape index (κ2) is 3.32. The number of hydrogen-bond donors (Lipinski definition) is 1. The number of nitrogens with two attached hydrogens (primary N) is 1. The number of furan rings is 1. The van der Waals surface area contributed by atoms with Gasteiger partial charge < -0.3 is 10.2 Å². The lowest BCUT2D eigenvalue weighted by molar-refractivity contribution is 0.106. The van der Waals surface area contributed by atoms with Crippen LogP contribution in [0.5, 0.6) is 0 Å². The number of halogens is 3. The molecule has 2 N–H and O–H groups in total. The zero-order chi connectivity index (χ0) is 8.43. The van der Waals surface area contributed by atoms with Gasteiger partial charge in [-0.15, -0.1) is 0 Å². The second-order valence-electron chi connectivity index (χ2n) is 2.03. The molecule has 1 heterocycles. The summed E-state index contributed by atoms with van der Waals surface area (Å²) in [5.74, 6) is 0.0897. The van der Waals surface area contributed by atoms with Crippen LogP contribution in [0.15, 0.2) is 21.2 Å². The van der Waals surface area contributed by atoms with Crippen LogP contribution in [0.4, 0.5) is 8.78 Å². The van der Waals surface area contributed by atoms with E-state index in [1.165, 1.54) is 12.3 Å². The summed E-state index contributed by atoms with van der Waals surface area (Å²) in [6.45, 7) is 0. The molecule has 0 aliphatic heterocycles. The molecule has 0 aliphatic carbocycles. The van der Waals surface area contributed by atoms with E-state index >= 15 is 0 Å². The Labute approximate surface area is 70.5 Å². The van der Waals surface area contributed by atoms with E-state index in [1.54, 1.807) is 0 Å². The monoisotopic (exact) mass is 225 g/mol. The topological polar surface area (TPSA) is 39.2 Å². The van der Waals surface area contributed by atoms with Crippen molar-refractivity contribution in [1.29, 1.82) is 0 Å². The highest BCUT2D eigenvalue weighted by Gasteiger charge is 2.20. The van der Waals surface area contributed by atoms with Gasteiger partial charge in [-0.1, -0.05) is 0 Å². The van der Waals surface area contributed by atoms with Gasteiger partial charge in [-0.05, 0) is 22.0 Å². The first-order valence-electron chi connectivity index (χ1n) is 2.89. The van der Waals surface area contributed by atoms with E-state index in [1.807, 2.05) is 0 Å². The Bertz CT molecular complexity index is 238. The smallest absolute Gasteiger partial charge is 0.260 e. The molecule has 0 aromatic carbocycles. The highest BCUT2D eigenvalue weighted by molar-refractivity contribution is 9.10. The van der Waals surface area contributed by atoms with Crippen LogP contribution in [0.3, 0.4) is 0 Å². The summed E-state index contributed by atoms with van der Waals surface area (Å²) in [4.78, 5) is 0. The van der Waals surface area contributed by atoms with E-state index in [9.17, 15) is 8.78 Å². The third-order valence-corrected chi connectivity index (χ3v) is 1.60. The zero-order valence-electron chi connectivity index (χ0n) is 5.43. The first-order chi connectivity index (χ1) is 5.11. The fourth-order valence-electron chi connectivity index (χ4n) is 0.627. The highest BCUT2D eigenvalue weighted by atomic mass is 79.9. The maximum absolute atomic E-state index is 11.9. The van der Waals surface area contributed by atoms with Crippen molar-refractivity contribution in [2.45, 2.75) is 12.5 Å². The molecule has 1 aromatic rings. The molecule has 0 aliphatic rings. The van der Waals surface area contributed by atoms with Gasteiger partial charge in [0.2, 0.25) is 0 Å². The molecule has 1 rings (SSSR count). The molecule has 0 saturated heterocycles. The molecule has 0 spiro atoms. The average molecular weight is 226 g/mol. The molecule has 0 bridgehead atoms. The van der Waals surface area contributed by atoms with Gasteiger partial charge >= 0.3 is 0 Å². The molecule has 1 aromatic heterocycles. The van der Waals surface area contributed by atoms with Crippen molar-refractivity contribution in [3.05, 3.63) is 22.6 Å². The van der Waals surface area contributed by atoms with Crippen LogP contribution in [0.1, 0.15) is 11.8 Å². The van der Waals surface area contributed by atoms with Gasteiger partial charge in [0, 0.05) is 0 Å². The van der Waals surface area contributed by atoms with Crippen molar-refractivity contribution >= 4 is 15.9 Å². The molecular weight excluding hydrogens is 220 g/mol. The van der Waals surface area contributed by atoms with Crippen molar-refractivity contribution in [2.24, 2.45) is 5.73 Å². The molecular formula is C6H6BrF2NO. The largest absolute Gasteiger partial charge is 0.466 e. The summed E-state index contributed by atoms with van der Waals surface area (Å²) < 4.78 is 29.2. The third-order valence-electron chi connectivity index (χ3n) is 1.19. The molecule has 62 valence electrons. The Morgan fingerprint density at radius 1 is 1.55 bits per heavy atom. The lowest BCUT2D eigenvalue weighted by Gasteiger charge is -2.04. The minimum atomic E-state index is -2.59. The van der Waals surface area contributed by atoms with Crippen LogP contribution in [0.2, 0.25) is 0 Å². The Balaban J connectivity index is 2.76. The Hall–Kier alpha value is -0.420. The van der Waals surface area contributed by atoms with Crippen LogP contribution in [-0.4, -0.2) is 6.43 Å². The van der Waals surface area contributed by atoms with Crippen molar-refractivity contribution in [1.82, 2.24) is 0 Å². The van der Waals surface area contributed by atoms with Crippen molar-refractivity contribution in [3.63, 3.8) is 0 Å². The average Bonchev–Trinajstić information content (AvgIpc) is 2.34. The molecule has 0 amide bonds. The standard InChI is InChI=1S/C6H6BrF2NO/c7-3-1-4(11-2-3)5(10)6(8)9/h1-2,5-6H,10H2. The summed E-state index contributed by atoms with van der Waals surface area (Å²) in [6, 6.07) is 0.0953. The predicted molar refractivity (Wildman–Crippen MR) is 39.3 cm³/mol. The van der Waals surface area contributed by atoms with E-state index in [0.717, 1.165) is 0 Å². The first-order valence-corrected chi connectivity index (χ1v) is 3.68. The van der Waals surface area contributed by atoms with Crippen LogP contribution >= 0.6 is 15.9 Å². The van der Waals surface area contributed by atoms with E-state index in [2.05, 4.69) is 15.9 Å². The summed E-state index contributed by atoms with van der Waals surface area (Å²) in [6.07, 6.45) is -1.27. The second-order valence-corrected chi connectivity index (χ2v) is 2.94. The van der Waals surface area contributed by atoms with Gasteiger partial charge in [0.25, 0.3) is 6.43 Å². The molecule has 11 heavy (non-hydrogen) atoms. The van der Waals surface area contributed by atoms with Crippen LogP contribution in [0.25, 0.3) is 0 Å². The Morgan fingerprint density at radius 2 is 2.18 bits per heavy atom. The number of rotatable bonds is 2. The van der Waals surface area contributed by atoms with Crippen molar-refractivity contribution in [2.75, 3.05) is 0 Å². The van der Waals surface area contributed by atoms with E-state index in [4.69, 9.17) is 10.2 Å². The van der Waals surface area contributed by atoms with Crippen LogP contribution in [-0.2, 0) is 0 Å². The van der Waals surface area contributed by atoms with Gasteiger partial charge in [0.05, 0.1) is 4.47 Å². The van der Waals surface area contributed by atoms with Crippen LogP contribution in [0, 0.1) is 0 Å². The lowest BCUT2D eigenvalue weighted by Crippen LogP contribution is -2.17. The molecule has 0 fully saturated rings. The van der Waals surface area contributed by atoms with Gasteiger partial charge in [0.15, 0.2) is 0 Å². The van der Waals surface area contributed by atoms with E-state index in [0.29, 0.717) is 4.47 Å². The normalized spacial score (nSPS) is 13.9. The first kappa shape index (κ1) is 8.67. The maximum atomic E-state index is 11.9. The molecule has 0 saturated carbocycles. The van der Waals surface area contributed by atoms with Gasteiger partial charge in [-0.3, -0.25) is 0 Å². The summed E-state index contributed by atoms with van der Waals surface area (Å²) in [5.41, 5.74) is 5.09. The molecule has 1 unspecified atom stereocenters. The fraction of sp³-hybridized carbons (Fsp3) is 0.333. The van der Waals surface area contributed by atoms with E-state index < -0.39 is 12.5 Å². The summed E-state index contributed by atoms with van der Waals surface area (Å²) >= 11 is 3.06. The predicted octanol–water partition coefficient (Wildman–Crippen LogP) is 2.31. The quantitative estimate of drug-likeness (QED) is 0.840. The van der Waals surface area contributed by atoms with Crippen LogP contribution < -0.4 is 5.73 Å². The lowest BCUT2D eigenvalue weighted by atomic mass is 10.2. The highest BCUT2D eigenvalue weighted by Crippen LogP contribution is 2.22. The molecule has 2 nitrogen and oxygen atoms in total. The summed E-state index contributed by atoms with van der Waals surface area (Å²) in [7, 11) is 0. The maximum Gasteiger partial charge on any atom is 0.260 e. The van der Waals surface area contributed by atoms with Gasteiger partial charge in [-0.2, -0.15) is 0 Å². The molecule has 1 atom stereocenters. The number of alkyl halides is 2. The number of hydrogen-bond acceptors (Lipinski definition) is 2. The van der Waals surface area contributed by atoms with Gasteiger partial charge in [-0.25, -0.2) is 8.78 Å². The SMILES string of the molecule is NC(c1cc(Br)co1)C(F)F. The fourth-order valence-corrected chi connectivity index (χ4v) is 0.946. The minimum Gasteiger partial charge on any atom is -0.466 e. The molecule has 0 radical (unpaired) electrons. The Kier molecular flexibility index (Phi) is 2.62. The van der Waals surface area contributed by atoms with Crippen molar-refractivity contribution < 1.29 is 13.2 Å². The van der Waals surface area contributed by atoms with Gasteiger partial charge in [0.1, 0.15) is 18.1 Å². The Morgan fingerprint density at radius 3 is 2.55 bits per heavy atom. The third kappa shape index (κ3) is 2.00.